The van der Waals surface area contributed by atoms with E-state index in [1.165, 1.54) is 0 Å². The Kier molecular flexibility index (Phi) is 2.41. The number of aromatic carboxylic acids is 1. The number of halogens is 1. The highest BCUT2D eigenvalue weighted by atomic mass is 79.9. The molecule has 0 spiro atoms. The molecule has 1 saturated heterocycles. The maximum absolute atomic E-state index is 11.2. The average molecular weight is 296 g/mol. The lowest BCUT2D eigenvalue weighted by Crippen LogP contribution is -2.40. The van der Waals surface area contributed by atoms with Gasteiger partial charge in [0.25, 0.3) is 0 Å². The van der Waals surface area contributed by atoms with Gasteiger partial charge >= 0.3 is 5.97 Å². The topological polar surface area (TPSA) is 66.6 Å². The maximum Gasteiger partial charge on any atom is 0.356 e. The van der Waals surface area contributed by atoms with E-state index in [1.807, 2.05) is 22.7 Å². The van der Waals surface area contributed by atoms with E-state index in [0.717, 1.165) is 23.4 Å². The van der Waals surface area contributed by atoms with Gasteiger partial charge in [0.1, 0.15) is 5.82 Å². The van der Waals surface area contributed by atoms with E-state index >= 15 is 0 Å². The third-order valence-corrected chi connectivity index (χ3v) is 3.63. The Morgan fingerprint density at radius 1 is 1.59 bits per heavy atom. The highest BCUT2D eigenvalue weighted by Crippen LogP contribution is 2.27. The number of rotatable bonds is 2. The molecule has 2 N–H and O–H groups in total. The van der Waals surface area contributed by atoms with Gasteiger partial charge in [-0.15, -0.1) is 0 Å². The van der Waals surface area contributed by atoms with Crippen LogP contribution in [0.25, 0.3) is 5.52 Å². The summed E-state index contributed by atoms with van der Waals surface area (Å²) in [5, 5.41) is 12.3. The fourth-order valence-corrected chi connectivity index (χ4v) is 2.56. The molecule has 0 bridgehead atoms. The summed E-state index contributed by atoms with van der Waals surface area (Å²) in [6.07, 6.45) is 1.85. The molecule has 1 fully saturated rings. The molecule has 88 valence electrons. The zero-order chi connectivity index (χ0) is 12.0. The molecule has 5 nitrogen and oxygen atoms in total. The van der Waals surface area contributed by atoms with Crippen LogP contribution in [0.4, 0.5) is 0 Å². The van der Waals surface area contributed by atoms with Gasteiger partial charge in [-0.1, -0.05) is 0 Å². The lowest BCUT2D eigenvalue weighted by atomic mass is 10.0. The zero-order valence-electron chi connectivity index (χ0n) is 8.85. The zero-order valence-corrected chi connectivity index (χ0v) is 10.4. The Balaban J connectivity index is 2.30. The van der Waals surface area contributed by atoms with Crippen molar-refractivity contribution in [1.29, 1.82) is 0 Å². The van der Waals surface area contributed by atoms with Crippen LogP contribution in [-0.2, 0) is 0 Å². The van der Waals surface area contributed by atoms with Gasteiger partial charge in [-0.2, -0.15) is 0 Å². The predicted molar refractivity (Wildman–Crippen MR) is 65.5 cm³/mol. The Hall–Kier alpha value is -1.40. The van der Waals surface area contributed by atoms with Gasteiger partial charge in [0.2, 0.25) is 0 Å². The van der Waals surface area contributed by atoms with Crippen molar-refractivity contribution in [2.45, 2.75) is 5.92 Å². The number of carboxylic acid groups (broad SMARTS) is 1. The van der Waals surface area contributed by atoms with Crippen LogP contribution >= 0.6 is 15.9 Å². The number of pyridine rings is 1. The maximum atomic E-state index is 11.2. The van der Waals surface area contributed by atoms with Gasteiger partial charge in [-0.05, 0) is 28.1 Å². The van der Waals surface area contributed by atoms with Crippen molar-refractivity contribution in [2.75, 3.05) is 13.1 Å². The second-order valence-electron chi connectivity index (χ2n) is 4.05. The van der Waals surface area contributed by atoms with Gasteiger partial charge in [-0.3, -0.25) is 0 Å². The van der Waals surface area contributed by atoms with Crippen LogP contribution in [0, 0.1) is 0 Å². The number of carbonyl (C=O) groups is 1. The van der Waals surface area contributed by atoms with E-state index in [-0.39, 0.29) is 5.69 Å². The smallest absolute Gasteiger partial charge is 0.356 e. The molecule has 17 heavy (non-hydrogen) atoms. The Morgan fingerprint density at radius 3 is 2.94 bits per heavy atom. The summed E-state index contributed by atoms with van der Waals surface area (Å²) < 4.78 is 2.61. The molecule has 3 rings (SSSR count). The second-order valence-corrected chi connectivity index (χ2v) is 4.91. The van der Waals surface area contributed by atoms with E-state index in [1.54, 1.807) is 0 Å². The monoisotopic (exact) mass is 295 g/mol. The fraction of sp³-hybridized carbons (Fsp3) is 0.273. The minimum absolute atomic E-state index is 0.111. The highest BCUT2D eigenvalue weighted by Gasteiger charge is 2.27. The summed E-state index contributed by atoms with van der Waals surface area (Å²) >= 11 is 3.38. The molecule has 2 aromatic rings. The molecule has 0 unspecified atom stereocenters. The van der Waals surface area contributed by atoms with Crippen molar-refractivity contribution >= 4 is 27.4 Å². The first kappa shape index (κ1) is 10.7. The van der Waals surface area contributed by atoms with Gasteiger partial charge in [-0.25, -0.2) is 9.78 Å². The summed E-state index contributed by atoms with van der Waals surface area (Å²) in [7, 11) is 0. The number of imidazole rings is 1. The number of nitrogens with one attached hydrogen (secondary N) is 1. The average Bonchev–Trinajstić information content (AvgIpc) is 2.57. The molecule has 0 atom stereocenters. The molecule has 2 aromatic heterocycles. The molecule has 0 aliphatic carbocycles. The van der Waals surface area contributed by atoms with Crippen LogP contribution in [0.5, 0.6) is 0 Å². The first-order valence-electron chi connectivity index (χ1n) is 5.29. The normalized spacial score (nSPS) is 16.1. The third-order valence-electron chi connectivity index (χ3n) is 2.99. The molecule has 0 amide bonds. The lowest BCUT2D eigenvalue weighted by Gasteiger charge is -2.25. The molecule has 0 saturated carbocycles. The van der Waals surface area contributed by atoms with Crippen LogP contribution in [0.15, 0.2) is 22.8 Å². The molecular formula is C11H10BrN3O2. The van der Waals surface area contributed by atoms with Crippen molar-refractivity contribution in [2.24, 2.45) is 0 Å². The number of hydrogen-bond acceptors (Lipinski definition) is 3. The van der Waals surface area contributed by atoms with E-state index < -0.39 is 5.97 Å². The molecule has 0 radical (unpaired) electrons. The van der Waals surface area contributed by atoms with Crippen molar-refractivity contribution in [3.05, 3.63) is 34.3 Å². The van der Waals surface area contributed by atoms with Gasteiger partial charge in [0, 0.05) is 29.7 Å². The second kappa shape index (κ2) is 3.82. The summed E-state index contributed by atoms with van der Waals surface area (Å²) in [5.74, 6) is 0.121. The summed E-state index contributed by atoms with van der Waals surface area (Å²) in [6, 6.07) is 3.70. The van der Waals surface area contributed by atoms with Crippen molar-refractivity contribution in [3.8, 4) is 0 Å². The Bertz CT molecular complexity index is 604. The predicted octanol–water partition coefficient (Wildman–Crippen LogP) is 1.48. The van der Waals surface area contributed by atoms with Gasteiger partial charge in [0.05, 0.1) is 5.52 Å². The highest BCUT2D eigenvalue weighted by molar-refractivity contribution is 9.10. The van der Waals surface area contributed by atoms with Crippen LogP contribution < -0.4 is 5.32 Å². The Labute approximate surface area is 106 Å². The van der Waals surface area contributed by atoms with Crippen LogP contribution in [-0.4, -0.2) is 33.6 Å². The van der Waals surface area contributed by atoms with Crippen molar-refractivity contribution < 1.29 is 9.90 Å². The van der Waals surface area contributed by atoms with Crippen LogP contribution in [0.2, 0.25) is 0 Å². The van der Waals surface area contributed by atoms with Crippen LogP contribution in [0.1, 0.15) is 22.2 Å². The lowest BCUT2D eigenvalue weighted by molar-refractivity contribution is 0.0693. The SMILES string of the molecule is O=C(O)c1nc(C2CNC2)n2cccc(Br)c12. The minimum Gasteiger partial charge on any atom is -0.476 e. The first-order chi connectivity index (χ1) is 8.18. The number of aromatic nitrogens is 2. The van der Waals surface area contributed by atoms with Gasteiger partial charge < -0.3 is 14.8 Å². The minimum atomic E-state index is -0.993. The Morgan fingerprint density at radius 2 is 2.35 bits per heavy atom. The summed E-state index contributed by atoms with van der Waals surface area (Å²) in [4.78, 5) is 15.5. The number of carboxylic acids is 1. The van der Waals surface area contributed by atoms with E-state index in [9.17, 15) is 9.90 Å². The van der Waals surface area contributed by atoms with E-state index in [4.69, 9.17) is 0 Å². The number of fused-ring (bicyclic) bond motifs is 1. The molecule has 3 heterocycles. The summed E-state index contributed by atoms with van der Waals surface area (Å²) in [6.45, 7) is 1.70. The number of nitrogens with zero attached hydrogens (tertiary/aromatic N) is 2. The fourth-order valence-electron chi connectivity index (χ4n) is 2.03. The summed E-state index contributed by atoms with van der Waals surface area (Å²) in [5.41, 5.74) is 0.737. The first-order valence-corrected chi connectivity index (χ1v) is 6.08. The molecule has 0 aromatic carbocycles. The number of hydrogen-bond donors (Lipinski definition) is 2. The van der Waals surface area contributed by atoms with Gasteiger partial charge in [0.15, 0.2) is 5.69 Å². The van der Waals surface area contributed by atoms with Crippen molar-refractivity contribution in [3.63, 3.8) is 0 Å². The standard InChI is InChI=1S/C11H10BrN3O2/c12-7-2-1-3-15-9(7)8(11(16)17)14-10(15)6-4-13-5-6/h1-3,6,13H,4-5H2,(H,16,17). The van der Waals surface area contributed by atoms with Crippen molar-refractivity contribution in [1.82, 2.24) is 14.7 Å². The van der Waals surface area contributed by atoms with E-state index in [0.29, 0.717) is 11.4 Å². The van der Waals surface area contributed by atoms with E-state index in [2.05, 4.69) is 26.2 Å². The molecule has 1 aliphatic heterocycles. The van der Waals surface area contributed by atoms with Crippen LogP contribution in [0.3, 0.4) is 0 Å². The largest absolute Gasteiger partial charge is 0.476 e. The third kappa shape index (κ3) is 1.56. The molecule has 6 heteroatoms. The molecular weight excluding hydrogens is 286 g/mol. The molecule has 1 aliphatic rings. The quantitative estimate of drug-likeness (QED) is 0.881.